The molecule has 0 saturated carbocycles. The number of methoxy groups -OCH3 is 1. The molecule has 2 saturated heterocycles. The van der Waals surface area contributed by atoms with Crippen LogP contribution in [-0.4, -0.2) is 41.7 Å². The van der Waals surface area contributed by atoms with Crippen LogP contribution in [0.2, 0.25) is 0 Å². The number of nitrogens with one attached hydrogen (secondary N) is 2. The molecule has 3 heterocycles. The second kappa shape index (κ2) is 7.70. The van der Waals surface area contributed by atoms with Gasteiger partial charge in [-0.15, -0.1) is 0 Å². The van der Waals surface area contributed by atoms with Crippen molar-refractivity contribution in [2.24, 2.45) is 17.6 Å². The van der Waals surface area contributed by atoms with Crippen molar-refractivity contribution in [2.75, 3.05) is 12.4 Å². The van der Waals surface area contributed by atoms with Crippen LogP contribution in [0.4, 0.5) is 5.69 Å². The normalized spacial score (nSPS) is 27.6. The summed E-state index contributed by atoms with van der Waals surface area (Å²) < 4.78 is 5.39. The first-order valence-corrected chi connectivity index (χ1v) is 10.8. The van der Waals surface area contributed by atoms with E-state index >= 15 is 0 Å². The third kappa shape index (κ3) is 3.03. The highest BCUT2D eigenvalue weighted by molar-refractivity contribution is 6.15. The predicted molar refractivity (Wildman–Crippen MR) is 118 cm³/mol. The van der Waals surface area contributed by atoms with Crippen LogP contribution in [0.15, 0.2) is 48.5 Å². The highest BCUT2D eigenvalue weighted by Crippen LogP contribution is 2.53. The third-order valence-corrected chi connectivity index (χ3v) is 6.94. The molecule has 1 spiro atoms. The number of para-hydroxylation sites is 2. The molecule has 5 rings (SSSR count). The number of hydrogen-bond acceptors (Lipinski definition) is 6. The zero-order valence-corrected chi connectivity index (χ0v) is 18.0. The standard InChI is InChI=1S/C24H24N4O5/c1-33-17-9-5-2-6-13(17)12-28-21(30)19-16(10-11-18(25)29)27-24(20(19)22(28)31)14-7-3-4-8-15(14)26-23(24)32/h2-9,16,19-20,27H,10-12H2,1H3,(H2,25,29)(H,26,32)/t16-,19-,20-,24+/m0/s1. The summed E-state index contributed by atoms with van der Waals surface area (Å²) in [5.74, 6) is -2.82. The Hall–Kier alpha value is -3.72. The van der Waals surface area contributed by atoms with E-state index in [0.29, 0.717) is 22.6 Å². The van der Waals surface area contributed by atoms with E-state index in [-0.39, 0.29) is 31.2 Å². The van der Waals surface area contributed by atoms with Crippen molar-refractivity contribution in [3.63, 3.8) is 0 Å². The number of imide groups is 1. The molecule has 2 fully saturated rings. The fourth-order valence-electron chi connectivity index (χ4n) is 5.52. The quantitative estimate of drug-likeness (QED) is 0.563. The Bertz CT molecular complexity index is 1180. The lowest BCUT2D eigenvalue weighted by Crippen LogP contribution is -2.53. The van der Waals surface area contributed by atoms with Gasteiger partial charge in [0.1, 0.15) is 11.3 Å². The molecule has 2 aromatic rings. The number of fused-ring (bicyclic) bond motifs is 4. The van der Waals surface area contributed by atoms with Gasteiger partial charge in [0.15, 0.2) is 0 Å². The van der Waals surface area contributed by atoms with E-state index in [1.54, 1.807) is 36.4 Å². The second-order valence-corrected chi connectivity index (χ2v) is 8.64. The van der Waals surface area contributed by atoms with Gasteiger partial charge in [-0.05, 0) is 18.6 Å². The third-order valence-electron chi connectivity index (χ3n) is 6.94. The Morgan fingerprint density at radius 3 is 2.58 bits per heavy atom. The van der Waals surface area contributed by atoms with Crippen molar-refractivity contribution < 1.29 is 23.9 Å². The van der Waals surface area contributed by atoms with Crippen molar-refractivity contribution in [3.8, 4) is 5.75 Å². The van der Waals surface area contributed by atoms with Gasteiger partial charge in [0.25, 0.3) is 0 Å². The number of ether oxygens (including phenoxy) is 1. The van der Waals surface area contributed by atoms with Gasteiger partial charge in [-0.25, -0.2) is 0 Å². The molecule has 3 aliphatic rings. The molecule has 9 heteroatoms. The molecule has 4 amide bonds. The lowest BCUT2D eigenvalue weighted by atomic mass is 9.76. The van der Waals surface area contributed by atoms with E-state index in [2.05, 4.69) is 10.6 Å². The fourth-order valence-corrected chi connectivity index (χ4v) is 5.52. The number of anilines is 1. The number of likely N-dealkylation sites (tertiary alicyclic amines) is 1. The van der Waals surface area contributed by atoms with Gasteiger partial charge in [0.2, 0.25) is 23.6 Å². The minimum absolute atomic E-state index is 0.0359. The van der Waals surface area contributed by atoms with Gasteiger partial charge in [0.05, 0.1) is 25.5 Å². The first-order chi connectivity index (χ1) is 15.9. The number of carbonyl (C=O) groups excluding carboxylic acids is 4. The van der Waals surface area contributed by atoms with Crippen molar-refractivity contribution in [2.45, 2.75) is 31.0 Å². The summed E-state index contributed by atoms with van der Waals surface area (Å²) in [6, 6.07) is 13.8. The van der Waals surface area contributed by atoms with E-state index in [1.807, 2.05) is 12.1 Å². The Labute approximate surface area is 190 Å². The molecule has 170 valence electrons. The summed E-state index contributed by atoms with van der Waals surface area (Å²) in [5.41, 5.74) is 5.90. The average Bonchev–Trinajstić information content (AvgIpc) is 3.39. The van der Waals surface area contributed by atoms with Crippen LogP contribution in [0.25, 0.3) is 0 Å². The van der Waals surface area contributed by atoms with Gasteiger partial charge in [-0.2, -0.15) is 0 Å². The Kier molecular flexibility index (Phi) is 4.93. The zero-order valence-electron chi connectivity index (χ0n) is 18.0. The molecule has 0 aliphatic carbocycles. The van der Waals surface area contributed by atoms with Gasteiger partial charge in [0, 0.05) is 29.3 Å². The molecular formula is C24H24N4O5. The topological polar surface area (TPSA) is 131 Å². The molecule has 0 unspecified atom stereocenters. The molecule has 33 heavy (non-hydrogen) atoms. The smallest absolute Gasteiger partial charge is 0.250 e. The molecule has 0 radical (unpaired) electrons. The zero-order chi connectivity index (χ0) is 23.3. The summed E-state index contributed by atoms with van der Waals surface area (Å²) in [4.78, 5) is 53.4. The molecule has 0 bridgehead atoms. The predicted octanol–water partition coefficient (Wildman–Crippen LogP) is 0.881. The largest absolute Gasteiger partial charge is 0.496 e. The van der Waals surface area contributed by atoms with Crippen LogP contribution < -0.4 is 21.1 Å². The van der Waals surface area contributed by atoms with Gasteiger partial charge in [-0.1, -0.05) is 36.4 Å². The average molecular weight is 448 g/mol. The first kappa shape index (κ1) is 21.1. The number of nitrogens with zero attached hydrogens (tertiary/aromatic N) is 1. The number of hydrogen-bond donors (Lipinski definition) is 3. The van der Waals surface area contributed by atoms with E-state index in [1.165, 1.54) is 12.0 Å². The minimum Gasteiger partial charge on any atom is -0.496 e. The number of rotatable bonds is 6. The minimum atomic E-state index is -1.38. The molecule has 0 aromatic heterocycles. The number of carbonyl (C=O) groups is 4. The second-order valence-electron chi connectivity index (χ2n) is 8.64. The maximum Gasteiger partial charge on any atom is 0.250 e. The number of nitrogens with two attached hydrogens (primary N) is 1. The van der Waals surface area contributed by atoms with Gasteiger partial charge < -0.3 is 15.8 Å². The van der Waals surface area contributed by atoms with Crippen molar-refractivity contribution >= 4 is 29.3 Å². The van der Waals surface area contributed by atoms with E-state index in [0.717, 1.165) is 0 Å². The van der Waals surface area contributed by atoms with Crippen molar-refractivity contribution in [1.29, 1.82) is 0 Å². The molecule has 3 aliphatic heterocycles. The lowest BCUT2D eigenvalue weighted by molar-refractivity contribution is -0.143. The van der Waals surface area contributed by atoms with Gasteiger partial charge in [-0.3, -0.25) is 29.4 Å². The Balaban J connectivity index is 1.57. The SMILES string of the molecule is COc1ccccc1CN1C(=O)[C@H]2[C@H](CCC(N)=O)N[C@@]3(C(=O)Nc4ccccc43)[C@@H]2C1=O. The van der Waals surface area contributed by atoms with Crippen LogP contribution in [0.5, 0.6) is 5.75 Å². The molecular weight excluding hydrogens is 424 g/mol. The summed E-state index contributed by atoms with van der Waals surface area (Å²) >= 11 is 0. The molecule has 9 nitrogen and oxygen atoms in total. The maximum absolute atomic E-state index is 13.8. The molecule has 4 atom stereocenters. The van der Waals surface area contributed by atoms with Crippen LogP contribution in [0.1, 0.15) is 24.0 Å². The first-order valence-electron chi connectivity index (χ1n) is 10.8. The summed E-state index contributed by atoms with van der Waals surface area (Å²) in [6.45, 7) is 0.0383. The molecule has 4 N–H and O–H groups in total. The summed E-state index contributed by atoms with van der Waals surface area (Å²) in [5, 5.41) is 6.14. The van der Waals surface area contributed by atoms with E-state index in [4.69, 9.17) is 10.5 Å². The van der Waals surface area contributed by atoms with E-state index in [9.17, 15) is 19.2 Å². The maximum atomic E-state index is 13.8. The van der Waals surface area contributed by atoms with Crippen LogP contribution in [-0.2, 0) is 31.3 Å². The van der Waals surface area contributed by atoms with Crippen molar-refractivity contribution in [1.82, 2.24) is 10.2 Å². The highest BCUT2D eigenvalue weighted by atomic mass is 16.5. The summed E-state index contributed by atoms with van der Waals surface area (Å²) in [6.07, 6.45) is 0.281. The van der Waals surface area contributed by atoms with Crippen molar-refractivity contribution in [3.05, 3.63) is 59.7 Å². The summed E-state index contributed by atoms with van der Waals surface area (Å²) in [7, 11) is 1.53. The van der Waals surface area contributed by atoms with Crippen LogP contribution >= 0.6 is 0 Å². The number of benzene rings is 2. The molecule has 2 aromatic carbocycles. The monoisotopic (exact) mass is 448 g/mol. The lowest BCUT2D eigenvalue weighted by Gasteiger charge is -2.29. The Morgan fingerprint density at radius 1 is 1.09 bits per heavy atom. The van der Waals surface area contributed by atoms with Gasteiger partial charge >= 0.3 is 0 Å². The van der Waals surface area contributed by atoms with E-state index < -0.39 is 35.2 Å². The van der Waals surface area contributed by atoms with Crippen LogP contribution in [0, 0.1) is 11.8 Å². The number of primary amides is 1. The highest BCUT2D eigenvalue weighted by Gasteiger charge is 2.70. The number of amides is 4. The Morgan fingerprint density at radius 2 is 1.82 bits per heavy atom. The van der Waals surface area contributed by atoms with Crippen LogP contribution in [0.3, 0.4) is 0 Å². The fraction of sp³-hybridized carbons (Fsp3) is 0.333.